The number of rotatable bonds is 6. The second kappa shape index (κ2) is 7.76. The maximum absolute atomic E-state index is 6.01. The Balaban J connectivity index is 2.51. The van der Waals surface area contributed by atoms with E-state index in [1.807, 2.05) is 31.2 Å². The van der Waals surface area contributed by atoms with E-state index in [1.165, 1.54) is 0 Å². The first-order chi connectivity index (χ1) is 8.27. The van der Waals surface area contributed by atoms with E-state index in [0.717, 1.165) is 30.8 Å². The molecule has 1 unspecified atom stereocenters. The molecule has 0 aromatic heterocycles. The van der Waals surface area contributed by atoms with Crippen LogP contribution >= 0.6 is 0 Å². The van der Waals surface area contributed by atoms with Crippen LogP contribution in [0.2, 0.25) is 0 Å². The lowest BCUT2D eigenvalue weighted by molar-refractivity contribution is 0.309. The Labute approximate surface area is 104 Å². The largest absolute Gasteiger partial charge is 0.494 e. The summed E-state index contributed by atoms with van der Waals surface area (Å²) in [5, 5.41) is 0. The highest BCUT2D eigenvalue weighted by Gasteiger charge is 2.04. The summed E-state index contributed by atoms with van der Waals surface area (Å²) in [5.74, 6) is 6.77. The molecule has 0 fully saturated rings. The molecule has 1 aromatic carbocycles. The van der Waals surface area contributed by atoms with Crippen molar-refractivity contribution in [3.63, 3.8) is 0 Å². The van der Waals surface area contributed by atoms with E-state index in [-0.39, 0.29) is 6.04 Å². The zero-order chi connectivity index (χ0) is 12.5. The van der Waals surface area contributed by atoms with Crippen molar-refractivity contribution >= 4 is 0 Å². The smallest absolute Gasteiger partial charge is 0.119 e. The van der Waals surface area contributed by atoms with Crippen molar-refractivity contribution in [3.05, 3.63) is 29.8 Å². The fourth-order valence-corrected chi connectivity index (χ4v) is 1.48. The summed E-state index contributed by atoms with van der Waals surface area (Å²) < 4.78 is 5.59. The van der Waals surface area contributed by atoms with Crippen molar-refractivity contribution in [1.82, 2.24) is 0 Å². The molecule has 0 heterocycles. The maximum Gasteiger partial charge on any atom is 0.119 e. The van der Waals surface area contributed by atoms with Crippen molar-refractivity contribution in [2.75, 3.05) is 6.61 Å². The van der Waals surface area contributed by atoms with Gasteiger partial charge in [0.05, 0.1) is 6.61 Å². The van der Waals surface area contributed by atoms with Crippen LogP contribution in [0.25, 0.3) is 0 Å². The van der Waals surface area contributed by atoms with Crippen LogP contribution in [0, 0.1) is 11.8 Å². The standard InChI is InChI=1S/C15H21NO/c1-3-5-7-15(16)13-8-10-14(11-9-13)17-12-6-4-2/h8-11,15H,4,6-7,12,16H2,1-2H3. The molecule has 0 bridgehead atoms. The van der Waals surface area contributed by atoms with Gasteiger partial charge in [-0.05, 0) is 31.0 Å². The first kappa shape index (κ1) is 13.6. The van der Waals surface area contributed by atoms with Gasteiger partial charge in [-0.2, -0.15) is 0 Å². The highest BCUT2D eigenvalue weighted by Crippen LogP contribution is 2.18. The molecule has 0 amide bonds. The molecule has 0 spiro atoms. The van der Waals surface area contributed by atoms with E-state index in [9.17, 15) is 0 Å². The van der Waals surface area contributed by atoms with Crippen LogP contribution in [-0.2, 0) is 0 Å². The van der Waals surface area contributed by atoms with Gasteiger partial charge in [-0.1, -0.05) is 25.5 Å². The van der Waals surface area contributed by atoms with Gasteiger partial charge in [0.1, 0.15) is 5.75 Å². The van der Waals surface area contributed by atoms with Gasteiger partial charge in [-0.15, -0.1) is 11.8 Å². The number of benzene rings is 1. The van der Waals surface area contributed by atoms with Crippen molar-refractivity contribution in [3.8, 4) is 17.6 Å². The molecule has 92 valence electrons. The normalized spacial score (nSPS) is 11.5. The van der Waals surface area contributed by atoms with Crippen LogP contribution in [0.15, 0.2) is 24.3 Å². The van der Waals surface area contributed by atoms with Gasteiger partial charge in [-0.25, -0.2) is 0 Å². The van der Waals surface area contributed by atoms with Crippen LogP contribution < -0.4 is 10.5 Å². The molecular weight excluding hydrogens is 210 g/mol. The summed E-state index contributed by atoms with van der Waals surface area (Å²) in [5.41, 5.74) is 7.12. The fraction of sp³-hybridized carbons (Fsp3) is 0.467. The van der Waals surface area contributed by atoms with Crippen molar-refractivity contribution in [2.45, 2.75) is 39.2 Å². The fourth-order valence-electron chi connectivity index (χ4n) is 1.48. The molecule has 1 rings (SSSR count). The molecule has 2 heteroatoms. The number of hydrogen-bond donors (Lipinski definition) is 1. The van der Waals surface area contributed by atoms with Gasteiger partial charge in [-0.3, -0.25) is 0 Å². The van der Waals surface area contributed by atoms with E-state index in [4.69, 9.17) is 10.5 Å². The minimum Gasteiger partial charge on any atom is -0.494 e. The highest BCUT2D eigenvalue weighted by atomic mass is 16.5. The van der Waals surface area contributed by atoms with Gasteiger partial charge in [0, 0.05) is 12.5 Å². The molecule has 0 radical (unpaired) electrons. The average molecular weight is 231 g/mol. The predicted octanol–water partition coefficient (Wildman–Crippen LogP) is 3.28. The lowest BCUT2D eigenvalue weighted by atomic mass is 10.1. The molecule has 1 atom stereocenters. The van der Waals surface area contributed by atoms with E-state index >= 15 is 0 Å². The topological polar surface area (TPSA) is 35.2 Å². The monoisotopic (exact) mass is 231 g/mol. The van der Waals surface area contributed by atoms with Crippen LogP contribution in [0.5, 0.6) is 5.75 Å². The highest BCUT2D eigenvalue weighted by molar-refractivity contribution is 5.29. The van der Waals surface area contributed by atoms with Crippen molar-refractivity contribution < 1.29 is 4.74 Å². The SMILES string of the molecule is CC#CCC(N)c1ccc(OCCCC)cc1. The van der Waals surface area contributed by atoms with Crippen LogP contribution in [0.4, 0.5) is 0 Å². The number of hydrogen-bond acceptors (Lipinski definition) is 2. The van der Waals surface area contributed by atoms with E-state index in [1.54, 1.807) is 0 Å². The van der Waals surface area contributed by atoms with Gasteiger partial charge in [0.25, 0.3) is 0 Å². The van der Waals surface area contributed by atoms with Crippen molar-refractivity contribution in [2.24, 2.45) is 5.73 Å². The predicted molar refractivity (Wildman–Crippen MR) is 71.8 cm³/mol. The molecule has 0 saturated carbocycles. The van der Waals surface area contributed by atoms with Gasteiger partial charge >= 0.3 is 0 Å². The average Bonchev–Trinajstić information content (AvgIpc) is 2.37. The van der Waals surface area contributed by atoms with Crippen molar-refractivity contribution in [1.29, 1.82) is 0 Å². The Kier molecular flexibility index (Phi) is 6.21. The molecule has 0 aliphatic heterocycles. The molecule has 0 aliphatic rings. The number of unbranched alkanes of at least 4 members (excludes halogenated alkanes) is 1. The summed E-state index contributed by atoms with van der Waals surface area (Å²) in [6.45, 7) is 4.76. The summed E-state index contributed by atoms with van der Waals surface area (Å²) in [6, 6.07) is 7.98. The maximum atomic E-state index is 6.01. The Morgan fingerprint density at radius 2 is 2.00 bits per heavy atom. The van der Waals surface area contributed by atoms with Gasteiger partial charge < -0.3 is 10.5 Å². The lowest BCUT2D eigenvalue weighted by Crippen LogP contribution is -2.09. The zero-order valence-electron chi connectivity index (χ0n) is 10.7. The molecular formula is C15H21NO. The van der Waals surface area contributed by atoms with Crippen LogP contribution in [-0.4, -0.2) is 6.61 Å². The first-order valence-electron chi connectivity index (χ1n) is 6.16. The molecule has 17 heavy (non-hydrogen) atoms. The zero-order valence-corrected chi connectivity index (χ0v) is 10.7. The van der Waals surface area contributed by atoms with Crippen LogP contribution in [0.3, 0.4) is 0 Å². The van der Waals surface area contributed by atoms with Gasteiger partial charge in [0.2, 0.25) is 0 Å². The molecule has 0 aliphatic carbocycles. The number of nitrogens with two attached hydrogens (primary N) is 1. The van der Waals surface area contributed by atoms with E-state index < -0.39 is 0 Å². The molecule has 2 nitrogen and oxygen atoms in total. The first-order valence-corrected chi connectivity index (χ1v) is 6.16. The van der Waals surface area contributed by atoms with Crippen LogP contribution in [0.1, 0.15) is 44.7 Å². The van der Waals surface area contributed by atoms with E-state index in [2.05, 4.69) is 18.8 Å². The minimum atomic E-state index is -0.00728. The Morgan fingerprint density at radius 3 is 2.59 bits per heavy atom. The summed E-state index contributed by atoms with van der Waals surface area (Å²) >= 11 is 0. The third-order valence-electron chi connectivity index (χ3n) is 2.57. The Hall–Kier alpha value is -1.46. The number of ether oxygens (including phenoxy) is 1. The second-order valence-corrected chi connectivity index (χ2v) is 4.01. The summed E-state index contributed by atoms with van der Waals surface area (Å²) in [7, 11) is 0. The molecule has 2 N–H and O–H groups in total. The van der Waals surface area contributed by atoms with E-state index in [0.29, 0.717) is 6.42 Å². The quantitative estimate of drug-likeness (QED) is 0.602. The second-order valence-electron chi connectivity index (χ2n) is 4.01. The Bertz CT molecular complexity index is 372. The van der Waals surface area contributed by atoms with Gasteiger partial charge in [0.15, 0.2) is 0 Å². The summed E-state index contributed by atoms with van der Waals surface area (Å²) in [4.78, 5) is 0. The summed E-state index contributed by atoms with van der Waals surface area (Å²) in [6.07, 6.45) is 2.94. The lowest BCUT2D eigenvalue weighted by Gasteiger charge is -2.10. The third kappa shape index (κ3) is 4.93. The Morgan fingerprint density at radius 1 is 1.29 bits per heavy atom. The minimum absolute atomic E-state index is 0.00728. The third-order valence-corrected chi connectivity index (χ3v) is 2.57. The molecule has 0 saturated heterocycles. The molecule has 1 aromatic rings.